The van der Waals surface area contributed by atoms with E-state index in [0.29, 0.717) is 0 Å². The summed E-state index contributed by atoms with van der Waals surface area (Å²) in [6, 6.07) is 8.44. The molecule has 0 saturated heterocycles. The Kier molecular flexibility index (Phi) is 1.95. The van der Waals surface area contributed by atoms with Crippen LogP contribution in [0.3, 0.4) is 0 Å². The largest absolute Gasteiger partial charge is 0.260 e. The van der Waals surface area contributed by atoms with E-state index in [2.05, 4.69) is 29.3 Å². The van der Waals surface area contributed by atoms with Crippen LogP contribution in [0.1, 0.15) is 18.4 Å². The van der Waals surface area contributed by atoms with Crippen LogP contribution < -0.4 is 0 Å². The molecule has 2 aliphatic heterocycles. The van der Waals surface area contributed by atoms with Crippen molar-refractivity contribution in [3.05, 3.63) is 35.4 Å². The van der Waals surface area contributed by atoms with Gasteiger partial charge in [0.1, 0.15) is 0 Å². The van der Waals surface area contributed by atoms with Crippen LogP contribution in [0.25, 0.3) is 4.91 Å². The molecule has 0 unspecified atom stereocenters. The molecule has 0 atom stereocenters. The van der Waals surface area contributed by atoms with Crippen molar-refractivity contribution in [1.29, 1.82) is 0 Å². The van der Waals surface area contributed by atoms with Gasteiger partial charge in [-0.05, 0) is 18.1 Å². The van der Waals surface area contributed by atoms with Crippen LogP contribution in [0.5, 0.6) is 0 Å². The molecule has 0 amide bonds. The Morgan fingerprint density at radius 2 is 2.14 bits per heavy atom. The Balaban J connectivity index is 2.22. The van der Waals surface area contributed by atoms with Gasteiger partial charge >= 0.3 is 0 Å². The fraction of sp³-hybridized carbons (Fsp3) is 0.250. The maximum Gasteiger partial charge on any atom is 0.0709 e. The summed E-state index contributed by atoms with van der Waals surface area (Å²) < 4.78 is 0. The average Bonchev–Trinajstić information content (AvgIpc) is 2.61. The number of allylic oxidation sites excluding steroid dienone is 1. The highest BCUT2D eigenvalue weighted by atomic mass is 32.2. The number of rotatable bonds is 0. The Hall–Kier alpha value is -1.02. The predicted molar refractivity (Wildman–Crippen MR) is 63.2 cm³/mol. The summed E-state index contributed by atoms with van der Waals surface area (Å²) >= 11 is 1.98. The van der Waals surface area contributed by atoms with Crippen LogP contribution in [-0.4, -0.2) is 12.0 Å². The summed E-state index contributed by atoms with van der Waals surface area (Å²) in [5, 5.41) is 0. The average molecular weight is 201 g/mol. The maximum absolute atomic E-state index is 4.49. The summed E-state index contributed by atoms with van der Waals surface area (Å²) in [7, 11) is 0. The van der Waals surface area contributed by atoms with Crippen molar-refractivity contribution in [3.8, 4) is 0 Å². The van der Waals surface area contributed by atoms with Gasteiger partial charge in [-0.3, -0.25) is 4.99 Å². The Bertz CT molecular complexity index is 432. The molecule has 2 heteroatoms. The van der Waals surface area contributed by atoms with E-state index >= 15 is 0 Å². The smallest absolute Gasteiger partial charge is 0.0709 e. The standard InChI is InChI=1S/C12H11NS/c1-2-4-11-10(3-1)12-9(5-7-13-11)6-8-14-12/h1-4,7H,5-6,8H2. The molecule has 1 aromatic carbocycles. The molecule has 14 heavy (non-hydrogen) atoms. The maximum atomic E-state index is 4.49. The van der Waals surface area contributed by atoms with E-state index in [1.54, 1.807) is 5.57 Å². The number of thioether (sulfide) groups is 1. The summed E-state index contributed by atoms with van der Waals surface area (Å²) in [6.45, 7) is 0. The lowest BCUT2D eigenvalue weighted by molar-refractivity contribution is 1.11. The van der Waals surface area contributed by atoms with Crippen LogP contribution in [0.2, 0.25) is 0 Å². The second-order valence-corrected chi connectivity index (χ2v) is 4.67. The molecule has 0 aromatic heterocycles. The van der Waals surface area contributed by atoms with E-state index in [4.69, 9.17) is 0 Å². The van der Waals surface area contributed by atoms with Gasteiger partial charge in [-0.25, -0.2) is 0 Å². The number of fused-ring (bicyclic) bond motifs is 2. The predicted octanol–water partition coefficient (Wildman–Crippen LogP) is 3.64. The van der Waals surface area contributed by atoms with Gasteiger partial charge in [0.2, 0.25) is 0 Å². The van der Waals surface area contributed by atoms with Crippen molar-refractivity contribution < 1.29 is 0 Å². The molecule has 1 aromatic rings. The Morgan fingerprint density at radius 3 is 3.14 bits per heavy atom. The van der Waals surface area contributed by atoms with E-state index < -0.39 is 0 Å². The quantitative estimate of drug-likeness (QED) is 0.624. The number of aliphatic imine (C=N–C) groups is 1. The number of hydrogen-bond acceptors (Lipinski definition) is 2. The van der Waals surface area contributed by atoms with Crippen molar-refractivity contribution >= 4 is 28.6 Å². The number of benzene rings is 1. The van der Waals surface area contributed by atoms with Crippen molar-refractivity contribution in [2.24, 2.45) is 4.99 Å². The molecule has 0 saturated carbocycles. The molecule has 1 nitrogen and oxygen atoms in total. The van der Waals surface area contributed by atoms with Crippen LogP contribution in [-0.2, 0) is 0 Å². The Morgan fingerprint density at radius 1 is 1.21 bits per heavy atom. The van der Waals surface area contributed by atoms with Crippen LogP contribution in [0.4, 0.5) is 5.69 Å². The summed E-state index contributed by atoms with van der Waals surface area (Å²) in [6.07, 6.45) is 4.32. The van der Waals surface area contributed by atoms with Crippen LogP contribution in [0.15, 0.2) is 34.8 Å². The van der Waals surface area contributed by atoms with E-state index in [1.807, 2.05) is 18.0 Å². The van der Waals surface area contributed by atoms with Gasteiger partial charge in [-0.15, -0.1) is 11.8 Å². The third kappa shape index (κ3) is 1.22. The van der Waals surface area contributed by atoms with Gasteiger partial charge in [0.15, 0.2) is 0 Å². The Labute approximate surface area is 87.9 Å². The summed E-state index contributed by atoms with van der Waals surface area (Å²) in [5.41, 5.74) is 4.04. The second-order valence-electron chi connectivity index (χ2n) is 3.56. The van der Waals surface area contributed by atoms with E-state index in [0.717, 1.165) is 12.1 Å². The molecular weight excluding hydrogens is 190 g/mol. The van der Waals surface area contributed by atoms with Gasteiger partial charge in [0.05, 0.1) is 5.69 Å². The molecule has 2 heterocycles. The zero-order valence-electron chi connectivity index (χ0n) is 7.86. The molecular formula is C12H11NS. The van der Waals surface area contributed by atoms with Crippen LogP contribution in [0, 0.1) is 0 Å². The molecule has 3 rings (SSSR count). The molecule has 0 bridgehead atoms. The zero-order valence-corrected chi connectivity index (χ0v) is 8.68. The molecule has 70 valence electrons. The molecule has 0 spiro atoms. The number of para-hydroxylation sites is 1. The molecule has 2 aliphatic rings. The first-order valence-corrected chi connectivity index (χ1v) is 5.90. The van der Waals surface area contributed by atoms with Crippen LogP contribution >= 0.6 is 11.8 Å². The lowest BCUT2D eigenvalue weighted by atomic mass is 10.1. The first-order valence-electron chi connectivity index (χ1n) is 4.92. The zero-order chi connectivity index (χ0) is 9.38. The monoisotopic (exact) mass is 201 g/mol. The lowest BCUT2D eigenvalue weighted by Gasteiger charge is -2.05. The van der Waals surface area contributed by atoms with Crippen molar-refractivity contribution in [1.82, 2.24) is 0 Å². The first-order chi connectivity index (χ1) is 6.95. The SMILES string of the molecule is C1=Nc2ccccc2C2=C(C1)CCS2. The van der Waals surface area contributed by atoms with Gasteiger partial charge in [0, 0.05) is 28.9 Å². The molecule has 0 N–H and O–H groups in total. The third-order valence-electron chi connectivity index (χ3n) is 2.69. The number of nitrogens with zero attached hydrogens (tertiary/aromatic N) is 1. The van der Waals surface area contributed by atoms with Gasteiger partial charge < -0.3 is 0 Å². The highest BCUT2D eigenvalue weighted by Gasteiger charge is 2.19. The number of hydrogen-bond donors (Lipinski definition) is 0. The highest BCUT2D eigenvalue weighted by Crippen LogP contribution is 2.44. The highest BCUT2D eigenvalue weighted by molar-refractivity contribution is 8.08. The van der Waals surface area contributed by atoms with E-state index in [9.17, 15) is 0 Å². The van der Waals surface area contributed by atoms with Crippen molar-refractivity contribution in [2.75, 3.05) is 5.75 Å². The van der Waals surface area contributed by atoms with E-state index in [-0.39, 0.29) is 0 Å². The minimum atomic E-state index is 1.04. The van der Waals surface area contributed by atoms with Gasteiger partial charge in [0.25, 0.3) is 0 Å². The van der Waals surface area contributed by atoms with E-state index in [1.165, 1.54) is 22.6 Å². The van der Waals surface area contributed by atoms with Gasteiger partial charge in [-0.1, -0.05) is 18.2 Å². The third-order valence-corrected chi connectivity index (χ3v) is 3.89. The molecule has 0 fully saturated rings. The normalized spacial score (nSPS) is 19.1. The summed E-state index contributed by atoms with van der Waals surface area (Å²) in [5.74, 6) is 1.24. The fourth-order valence-corrected chi connectivity index (χ4v) is 3.26. The fourth-order valence-electron chi connectivity index (χ4n) is 1.99. The first kappa shape index (κ1) is 8.30. The molecule has 0 aliphatic carbocycles. The second kappa shape index (κ2) is 3.28. The lowest BCUT2D eigenvalue weighted by Crippen LogP contribution is -1.81. The minimum Gasteiger partial charge on any atom is -0.260 e. The van der Waals surface area contributed by atoms with Crippen molar-refractivity contribution in [3.63, 3.8) is 0 Å². The topological polar surface area (TPSA) is 12.4 Å². The molecule has 0 radical (unpaired) electrons. The minimum absolute atomic E-state index is 1.04. The van der Waals surface area contributed by atoms with Crippen molar-refractivity contribution in [2.45, 2.75) is 12.8 Å². The summed E-state index contributed by atoms with van der Waals surface area (Å²) in [4.78, 5) is 5.97. The van der Waals surface area contributed by atoms with Gasteiger partial charge in [-0.2, -0.15) is 0 Å².